The smallest absolute Gasteiger partial charge is 0.296 e. The molecule has 1 heterocycles. The normalized spacial score (nSPS) is 13.3. The first kappa shape index (κ1) is 13.4. The van der Waals surface area contributed by atoms with Crippen molar-refractivity contribution < 1.29 is 9.21 Å². The summed E-state index contributed by atoms with van der Waals surface area (Å²) in [4.78, 5) is 16.2. The van der Waals surface area contributed by atoms with Crippen molar-refractivity contribution >= 4 is 23.0 Å². The van der Waals surface area contributed by atoms with Crippen molar-refractivity contribution in [2.75, 3.05) is 5.32 Å². The fraction of sp³-hybridized carbons (Fsp3) is 0.429. The maximum Gasteiger partial charge on any atom is 0.296 e. The van der Waals surface area contributed by atoms with E-state index in [1.165, 1.54) is 0 Å². The lowest BCUT2D eigenvalue weighted by Gasteiger charge is -2.23. The molecular formula is C14H19N3O2. The van der Waals surface area contributed by atoms with Gasteiger partial charge in [-0.15, -0.1) is 0 Å². The van der Waals surface area contributed by atoms with Crippen molar-refractivity contribution in [2.24, 2.45) is 0 Å². The van der Waals surface area contributed by atoms with Crippen LogP contribution in [-0.2, 0) is 4.79 Å². The molecule has 0 bridgehead atoms. The summed E-state index contributed by atoms with van der Waals surface area (Å²) in [7, 11) is 0. The minimum atomic E-state index is -0.410. The summed E-state index contributed by atoms with van der Waals surface area (Å²) in [6.07, 6.45) is 0. The SMILES string of the molecule is CC(Nc1nc2ccccc2o1)C(=O)NC(C)(C)C. The van der Waals surface area contributed by atoms with E-state index in [9.17, 15) is 4.79 Å². The topological polar surface area (TPSA) is 67.2 Å². The maximum atomic E-state index is 11.9. The number of oxazole rings is 1. The Labute approximate surface area is 112 Å². The Kier molecular flexibility index (Phi) is 3.46. The lowest BCUT2D eigenvalue weighted by molar-refractivity contribution is -0.122. The third-order valence-corrected chi connectivity index (χ3v) is 2.53. The lowest BCUT2D eigenvalue weighted by atomic mass is 10.1. The number of amides is 1. The second-order valence-electron chi connectivity index (χ2n) is 5.59. The maximum absolute atomic E-state index is 11.9. The van der Waals surface area contributed by atoms with Crippen LogP contribution in [0, 0.1) is 0 Å². The molecule has 1 amide bonds. The first-order valence-electron chi connectivity index (χ1n) is 6.29. The Hall–Kier alpha value is -2.04. The highest BCUT2D eigenvalue weighted by molar-refractivity contribution is 5.84. The van der Waals surface area contributed by atoms with Crippen molar-refractivity contribution in [2.45, 2.75) is 39.3 Å². The Morgan fingerprint density at radius 3 is 2.63 bits per heavy atom. The molecule has 2 aromatic rings. The Morgan fingerprint density at radius 1 is 1.32 bits per heavy atom. The van der Waals surface area contributed by atoms with Crippen molar-refractivity contribution in [3.63, 3.8) is 0 Å². The van der Waals surface area contributed by atoms with E-state index < -0.39 is 6.04 Å². The predicted molar refractivity (Wildman–Crippen MR) is 75.0 cm³/mol. The Balaban J connectivity index is 2.06. The van der Waals surface area contributed by atoms with E-state index in [0.717, 1.165) is 5.52 Å². The number of anilines is 1. The predicted octanol–water partition coefficient (Wildman–Crippen LogP) is 2.54. The standard InChI is InChI=1S/C14H19N3O2/c1-9(12(18)17-14(2,3)4)15-13-16-10-7-5-6-8-11(10)19-13/h5-9H,1-4H3,(H,15,16)(H,17,18). The van der Waals surface area contributed by atoms with E-state index in [2.05, 4.69) is 15.6 Å². The van der Waals surface area contributed by atoms with Gasteiger partial charge in [0.05, 0.1) is 0 Å². The fourth-order valence-corrected chi connectivity index (χ4v) is 1.66. The molecule has 0 saturated carbocycles. The van der Waals surface area contributed by atoms with E-state index in [4.69, 9.17) is 4.42 Å². The summed E-state index contributed by atoms with van der Waals surface area (Å²) in [5.74, 6) is -0.0882. The van der Waals surface area contributed by atoms with Crippen LogP contribution in [0.15, 0.2) is 28.7 Å². The van der Waals surface area contributed by atoms with Crippen molar-refractivity contribution in [1.29, 1.82) is 0 Å². The minimum absolute atomic E-state index is 0.0882. The molecule has 5 nitrogen and oxygen atoms in total. The molecular weight excluding hydrogens is 242 g/mol. The third-order valence-electron chi connectivity index (χ3n) is 2.53. The molecule has 2 rings (SSSR count). The molecule has 0 spiro atoms. The van der Waals surface area contributed by atoms with E-state index in [1.807, 2.05) is 45.0 Å². The summed E-state index contributed by atoms with van der Waals surface area (Å²) in [6.45, 7) is 7.60. The second-order valence-corrected chi connectivity index (χ2v) is 5.59. The van der Waals surface area contributed by atoms with Crippen LogP contribution in [-0.4, -0.2) is 22.5 Å². The summed E-state index contributed by atoms with van der Waals surface area (Å²) >= 11 is 0. The van der Waals surface area contributed by atoms with Gasteiger partial charge in [0.15, 0.2) is 5.58 Å². The zero-order chi connectivity index (χ0) is 14.0. The number of hydrogen-bond donors (Lipinski definition) is 2. The average molecular weight is 261 g/mol. The average Bonchev–Trinajstić information content (AvgIpc) is 2.68. The second kappa shape index (κ2) is 4.91. The number of rotatable bonds is 3. The molecule has 0 radical (unpaired) electrons. The van der Waals surface area contributed by atoms with Gasteiger partial charge in [0, 0.05) is 5.54 Å². The quantitative estimate of drug-likeness (QED) is 0.891. The number of benzene rings is 1. The first-order valence-corrected chi connectivity index (χ1v) is 6.29. The number of carbonyl (C=O) groups excluding carboxylic acids is 1. The van der Waals surface area contributed by atoms with E-state index >= 15 is 0 Å². The summed E-state index contributed by atoms with van der Waals surface area (Å²) in [5, 5.41) is 5.87. The van der Waals surface area contributed by atoms with Crippen LogP contribution in [0.1, 0.15) is 27.7 Å². The molecule has 0 fully saturated rings. The van der Waals surface area contributed by atoms with Gasteiger partial charge in [-0.1, -0.05) is 12.1 Å². The molecule has 0 aliphatic rings. The van der Waals surface area contributed by atoms with Gasteiger partial charge < -0.3 is 15.1 Å². The number of hydrogen-bond acceptors (Lipinski definition) is 4. The van der Waals surface area contributed by atoms with Gasteiger partial charge in [0.1, 0.15) is 11.6 Å². The van der Waals surface area contributed by atoms with Crippen molar-refractivity contribution in [3.8, 4) is 0 Å². The summed E-state index contributed by atoms with van der Waals surface area (Å²) in [6, 6.07) is 7.43. The highest BCUT2D eigenvalue weighted by Crippen LogP contribution is 2.18. The van der Waals surface area contributed by atoms with Gasteiger partial charge in [-0.2, -0.15) is 4.98 Å². The number of nitrogens with one attached hydrogen (secondary N) is 2. The Morgan fingerprint density at radius 2 is 2.00 bits per heavy atom. The number of carbonyl (C=O) groups is 1. The van der Waals surface area contributed by atoms with Crippen LogP contribution in [0.2, 0.25) is 0 Å². The number of nitrogens with zero attached hydrogens (tertiary/aromatic N) is 1. The van der Waals surface area contributed by atoms with Gasteiger partial charge in [0.2, 0.25) is 5.91 Å². The molecule has 0 aliphatic carbocycles. The fourth-order valence-electron chi connectivity index (χ4n) is 1.66. The summed E-state index contributed by atoms with van der Waals surface area (Å²) in [5.41, 5.74) is 1.22. The molecule has 0 saturated heterocycles. The molecule has 1 aromatic carbocycles. The largest absolute Gasteiger partial charge is 0.424 e. The van der Waals surface area contributed by atoms with Gasteiger partial charge in [0.25, 0.3) is 6.01 Å². The molecule has 1 atom stereocenters. The molecule has 0 aliphatic heterocycles. The van der Waals surface area contributed by atoms with Gasteiger partial charge in [-0.05, 0) is 39.8 Å². The monoisotopic (exact) mass is 261 g/mol. The number of fused-ring (bicyclic) bond motifs is 1. The minimum Gasteiger partial charge on any atom is -0.424 e. The van der Waals surface area contributed by atoms with Crippen LogP contribution in [0.25, 0.3) is 11.1 Å². The van der Waals surface area contributed by atoms with Crippen molar-refractivity contribution in [1.82, 2.24) is 10.3 Å². The van der Waals surface area contributed by atoms with E-state index in [1.54, 1.807) is 6.92 Å². The molecule has 2 N–H and O–H groups in total. The van der Waals surface area contributed by atoms with Gasteiger partial charge in [-0.25, -0.2) is 0 Å². The highest BCUT2D eigenvalue weighted by atomic mass is 16.4. The van der Waals surface area contributed by atoms with E-state index in [-0.39, 0.29) is 11.4 Å². The molecule has 5 heteroatoms. The van der Waals surface area contributed by atoms with Gasteiger partial charge >= 0.3 is 0 Å². The lowest BCUT2D eigenvalue weighted by Crippen LogP contribution is -2.47. The van der Waals surface area contributed by atoms with Crippen LogP contribution in [0.4, 0.5) is 6.01 Å². The number of aromatic nitrogens is 1. The molecule has 1 unspecified atom stereocenters. The van der Waals surface area contributed by atoms with Gasteiger partial charge in [-0.3, -0.25) is 4.79 Å². The zero-order valence-corrected chi connectivity index (χ0v) is 11.7. The first-order chi connectivity index (χ1) is 8.85. The van der Waals surface area contributed by atoms with Crippen LogP contribution >= 0.6 is 0 Å². The van der Waals surface area contributed by atoms with Crippen LogP contribution < -0.4 is 10.6 Å². The summed E-state index contributed by atoms with van der Waals surface area (Å²) < 4.78 is 5.52. The van der Waals surface area contributed by atoms with Crippen LogP contribution in [0.3, 0.4) is 0 Å². The Bertz CT molecular complexity index is 551. The van der Waals surface area contributed by atoms with Crippen LogP contribution in [0.5, 0.6) is 0 Å². The molecule has 1 aromatic heterocycles. The number of para-hydroxylation sites is 2. The highest BCUT2D eigenvalue weighted by Gasteiger charge is 2.20. The zero-order valence-electron chi connectivity index (χ0n) is 11.7. The van der Waals surface area contributed by atoms with Crippen molar-refractivity contribution in [3.05, 3.63) is 24.3 Å². The third kappa shape index (κ3) is 3.47. The van der Waals surface area contributed by atoms with E-state index in [0.29, 0.717) is 11.6 Å². The molecule has 102 valence electrons. The molecule has 19 heavy (non-hydrogen) atoms.